The predicted octanol–water partition coefficient (Wildman–Crippen LogP) is 3.58. The Morgan fingerprint density at radius 3 is 1.64 bits per heavy atom. The van der Waals surface area contributed by atoms with Crippen LogP contribution in [-0.2, 0) is 4.43 Å². The summed E-state index contributed by atoms with van der Waals surface area (Å²) in [5.41, 5.74) is 0. The van der Waals surface area contributed by atoms with Crippen LogP contribution in [0.25, 0.3) is 0 Å². The Bertz CT molecular complexity index is 595. The van der Waals surface area contributed by atoms with Crippen molar-refractivity contribution in [1.29, 1.82) is 0 Å². The summed E-state index contributed by atoms with van der Waals surface area (Å²) in [6, 6.07) is 21.1. The first-order chi connectivity index (χ1) is 10.4. The molecule has 0 saturated heterocycles. The lowest BCUT2D eigenvalue weighted by Gasteiger charge is -2.43. The van der Waals surface area contributed by atoms with Crippen LogP contribution in [0.15, 0.2) is 60.7 Å². The topological polar surface area (TPSA) is 9.23 Å². The molecule has 1 nitrogen and oxygen atoms in total. The maximum atomic E-state index is 6.63. The highest BCUT2D eigenvalue weighted by atomic mass is 28.4. The second-order valence-corrected chi connectivity index (χ2v) is 10.8. The molecule has 0 saturated carbocycles. The molecule has 1 atom stereocenters. The van der Waals surface area contributed by atoms with Crippen molar-refractivity contribution in [3.63, 3.8) is 0 Å². The van der Waals surface area contributed by atoms with Crippen molar-refractivity contribution in [2.75, 3.05) is 0 Å². The van der Waals surface area contributed by atoms with Gasteiger partial charge < -0.3 is 4.43 Å². The number of benzene rings is 2. The van der Waals surface area contributed by atoms with Gasteiger partial charge in [0.25, 0.3) is 8.32 Å². The Balaban J connectivity index is 2.73. The van der Waals surface area contributed by atoms with Crippen LogP contribution in [0.3, 0.4) is 0 Å². The lowest BCUT2D eigenvalue weighted by molar-refractivity contribution is 0.261. The SMILES string of the molecule is C#C[C@@H](C)O[Si](c1ccccc1)(c1ccccc1)C(C)(C)C. The van der Waals surface area contributed by atoms with E-state index in [1.165, 1.54) is 10.4 Å². The highest BCUT2D eigenvalue weighted by Crippen LogP contribution is 2.37. The van der Waals surface area contributed by atoms with Crippen LogP contribution in [-0.4, -0.2) is 14.4 Å². The van der Waals surface area contributed by atoms with Gasteiger partial charge in [-0.1, -0.05) is 87.4 Å². The number of hydrogen-bond donors (Lipinski definition) is 0. The summed E-state index contributed by atoms with van der Waals surface area (Å²) in [6.45, 7) is 8.72. The summed E-state index contributed by atoms with van der Waals surface area (Å²) in [4.78, 5) is 0. The minimum absolute atomic E-state index is 0.0270. The van der Waals surface area contributed by atoms with Gasteiger partial charge in [-0.15, -0.1) is 6.42 Å². The van der Waals surface area contributed by atoms with Crippen LogP contribution in [0.1, 0.15) is 27.7 Å². The fourth-order valence-corrected chi connectivity index (χ4v) is 7.60. The maximum absolute atomic E-state index is 6.63. The average molecular weight is 308 g/mol. The van der Waals surface area contributed by atoms with Crippen LogP contribution in [0.4, 0.5) is 0 Å². The second-order valence-electron chi connectivity index (χ2n) is 6.59. The van der Waals surface area contributed by atoms with E-state index in [1.807, 2.05) is 19.1 Å². The summed E-state index contributed by atoms with van der Waals surface area (Å²) in [5, 5.41) is 2.49. The zero-order valence-corrected chi connectivity index (χ0v) is 14.8. The molecule has 2 heteroatoms. The summed E-state index contributed by atoms with van der Waals surface area (Å²) >= 11 is 0. The van der Waals surface area contributed by atoms with Gasteiger partial charge in [0.2, 0.25) is 0 Å². The van der Waals surface area contributed by atoms with E-state index in [1.54, 1.807) is 0 Å². The number of terminal acetylenes is 1. The molecule has 2 aromatic carbocycles. The molecule has 0 bridgehead atoms. The molecule has 0 unspecified atom stereocenters. The summed E-state index contributed by atoms with van der Waals surface area (Å²) in [5.74, 6) is 2.74. The summed E-state index contributed by atoms with van der Waals surface area (Å²) in [7, 11) is -2.48. The van der Waals surface area contributed by atoms with E-state index in [-0.39, 0.29) is 11.1 Å². The van der Waals surface area contributed by atoms with E-state index in [4.69, 9.17) is 10.8 Å². The van der Waals surface area contributed by atoms with E-state index in [0.717, 1.165) is 0 Å². The lowest BCUT2D eigenvalue weighted by atomic mass is 10.2. The molecule has 0 amide bonds. The predicted molar refractivity (Wildman–Crippen MR) is 97.0 cm³/mol. The zero-order chi connectivity index (χ0) is 16.2. The van der Waals surface area contributed by atoms with Gasteiger partial charge in [-0.25, -0.2) is 0 Å². The van der Waals surface area contributed by atoms with E-state index in [9.17, 15) is 0 Å². The van der Waals surface area contributed by atoms with E-state index in [2.05, 4.69) is 75.2 Å². The smallest absolute Gasteiger partial charge is 0.262 e. The molecule has 2 rings (SSSR count). The standard InChI is InChI=1S/C20H24OSi/c1-6-17(2)21-22(20(3,4)5,18-13-9-7-10-14-18)19-15-11-8-12-16-19/h1,7-17H,2-5H3/t17-/m1/s1. The fourth-order valence-electron chi connectivity index (χ4n) is 2.99. The first-order valence-electron chi connectivity index (χ1n) is 7.67. The van der Waals surface area contributed by atoms with Crippen LogP contribution in [0.2, 0.25) is 5.04 Å². The lowest BCUT2D eigenvalue weighted by Crippen LogP contribution is -2.67. The Labute approximate surface area is 135 Å². The largest absolute Gasteiger partial charge is 0.394 e. The Hall–Kier alpha value is -1.82. The van der Waals surface area contributed by atoms with Crippen LogP contribution in [0.5, 0.6) is 0 Å². The van der Waals surface area contributed by atoms with Gasteiger partial charge >= 0.3 is 0 Å². The average Bonchev–Trinajstić information content (AvgIpc) is 2.52. The molecule has 114 valence electrons. The van der Waals surface area contributed by atoms with Gasteiger partial charge in [0.15, 0.2) is 0 Å². The maximum Gasteiger partial charge on any atom is 0.262 e. The Morgan fingerprint density at radius 1 is 0.909 bits per heavy atom. The number of rotatable bonds is 4. The van der Waals surface area contributed by atoms with Gasteiger partial charge in [0.05, 0.1) is 0 Å². The normalized spacial score (nSPS) is 13.4. The highest BCUT2D eigenvalue weighted by Gasteiger charge is 2.50. The van der Waals surface area contributed by atoms with Crippen LogP contribution in [0, 0.1) is 12.3 Å². The van der Waals surface area contributed by atoms with E-state index < -0.39 is 8.32 Å². The second kappa shape index (κ2) is 6.52. The molecule has 0 fully saturated rings. The summed E-state index contributed by atoms with van der Waals surface area (Å²) < 4.78 is 6.63. The third-order valence-electron chi connectivity index (χ3n) is 4.01. The van der Waals surface area contributed by atoms with Crippen LogP contribution >= 0.6 is 0 Å². The van der Waals surface area contributed by atoms with Gasteiger partial charge in [0.1, 0.15) is 6.10 Å². The molecular formula is C20H24OSi. The molecule has 0 N–H and O–H groups in total. The molecular weight excluding hydrogens is 284 g/mol. The summed E-state index contributed by atoms with van der Waals surface area (Å²) in [6.07, 6.45) is 5.41. The van der Waals surface area contributed by atoms with Crippen molar-refractivity contribution in [2.45, 2.75) is 38.8 Å². The molecule has 0 heterocycles. The van der Waals surface area contributed by atoms with Gasteiger partial charge in [-0.2, -0.15) is 0 Å². The zero-order valence-electron chi connectivity index (χ0n) is 13.8. The highest BCUT2D eigenvalue weighted by molar-refractivity contribution is 6.99. The molecule has 0 aliphatic rings. The van der Waals surface area contributed by atoms with Gasteiger partial charge in [0, 0.05) is 0 Å². The monoisotopic (exact) mass is 308 g/mol. The van der Waals surface area contributed by atoms with Crippen molar-refractivity contribution < 1.29 is 4.43 Å². The van der Waals surface area contributed by atoms with Crippen LogP contribution < -0.4 is 10.4 Å². The first kappa shape index (κ1) is 16.5. The minimum atomic E-state index is -2.48. The molecule has 22 heavy (non-hydrogen) atoms. The first-order valence-corrected chi connectivity index (χ1v) is 9.57. The molecule has 2 aromatic rings. The molecule has 0 aliphatic heterocycles. The molecule has 0 aromatic heterocycles. The van der Waals surface area contributed by atoms with Crippen molar-refractivity contribution >= 4 is 18.7 Å². The van der Waals surface area contributed by atoms with E-state index in [0.29, 0.717) is 0 Å². The number of hydrogen-bond acceptors (Lipinski definition) is 1. The molecule has 0 radical (unpaired) electrons. The Morgan fingerprint density at radius 2 is 1.32 bits per heavy atom. The quantitative estimate of drug-likeness (QED) is 0.619. The van der Waals surface area contributed by atoms with Gasteiger partial charge in [-0.3, -0.25) is 0 Å². The minimum Gasteiger partial charge on any atom is -0.394 e. The van der Waals surface area contributed by atoms with Crippen molar-refractivity contribution in [3.8, 4) is 12.3 Å². The third-order valence-corrected chi connectivity index (χ3v) is 9.12. The van der Waals surface area contributed by atoms with Crippen molar-refractivity contribution in [2.24, 2.45) is 0 Å². The van der Waals surface area contributed by atoms with Crippen molar-refractivity contribution in [3.05, 3.63) is 60.7 Å². The fraction of sp³-hybridized carbons (Fsp3) is 0.300. The van der Waals surface area contributed by atoms with Crippen molar-refractivity contribution in [1.82, 2.24) is 0 Å². The van der Waals surface area contributed by atoms with Gasteiger partial charge in [-0.05, 0) is 22.3 Å². The van der Waals surface area contributed by atoms with E-state index >= 15 is 0 Å². The molecule has 0 aliphatic carbocycles. The molecule has 0 spiro atoms. The Kier molecular flexibility index (Phi) is 4.90. The third kappa shape index (κ3) is 3.01.